The molecule has 0 aromatic rings. The van der Waals surface area contributed by atoms with Gasteiger partial charge in [0.05, 0.1) is 13.2 Å². The quantitative estimate of drug-likeness (QED) is 0.466. The monoisotopic (exact) mass is 182 g/mol. The van der Waals surface area contributed by atoms with Gasteiger partial charge in [-0.2, -0.15) is 0 Å². The maximum atomic E-state index is 10.2. The fraction of sp³-hybridized carbons (Fsp3) is 1.00. The van der Waals surface area contributed by atoms with Crippen LogP contribution in [0.1, 0.15) is 0 Å². The van der Waals surface area contributed by atoms with Gasteiger partial charge in [0.15, 0.2) is 0 Å². The Morgan fingerprint density at radius 3 is 2.45 bits per heavy atom. The van der Waals surface area contributed by atoms with Crippen LogP contribution < -0.4 is 9.79 Å². The average molecular weight is 182 g/mol. The molecular formula is C5H13NO4P+. The van der Waals surface area contributed by atoms with E-state index in [2.05, 4.69) is 0 Å². The van der Waals surface area contributed by atoms with Crippen molar-refractivity contribution in [2.75, 3.05) is 32.6 Å². The lowest BCUT2D eigenvalue weighted by atomic mass is 10.5. The SMILES string of the molecule is O.O=[P+]([O-])C[NH+]1CCOCC1. The van der Waals surface area contributed by atoms with Crippen LogP contribution in [0, 0.1) is 0 Å². The summed E-state index contributed by atoms with van der Waals surface area (Å²) in [5.74, 6) is 0. The molecule has 0 aliphatic carbocycles. The van der Waals surface area contributed by atoms with Crippen LogP contribution in [0.5, 0.6) is 0 Å². The van der Waals surface area contributed by atoms with E-state index >= 15 is 0 Å². The predicted octanol–water partition coefficient (Wildman–Crippen LogP) is -2.86. The molecule has 1 aliphatic heterocycles. The highest BCUT2D eigenvalue weighted by Crippen LogP contribution is 1.98. The minimum Gasteiger partial charge on any atom is -0.591 e. The number of morpholine rings is 1. The van der Waals surface area contributed by atoms with Crippen LogP contribution in [0.2, 0.25) is 0 Å². The Kier molecular flexibility index (Phi) is 5.54. The van der Waals surface area contributed by atoms with Gasteiger partial charge >= 0.3 is 8.03 Å². The van der Waals surface area contributed by atoms with Gasteiger partial charge in [0.2, 0.25) is 0 Å². The highest BCUT2D eigenvalue weighted by Gasteiger charge is 2.18. The van der Waals surface area contributed by atoms with Gasteiger partial charge in [-0.1, -0.05) is 4.57 Å². The Balaban J connectivity index is 0.000001000. The minimum atomic E-state index is -2.22. The van der Waals surface area contributed by atoms with Crippen molar-refractivity contribution in [2.24, 2.45) is 0 Å². The van der Waals surface area contributed by atoms with E-state index in [4.69, 9.17) is 4.74 Å². The summed E-state index contributed by atoms with van der Waals surface area (Å²) in [4.78, 5) is 11.4. The Hall–Kier alpha value is -0.0600. The molecule has 0 amide bonds. The molecule has 0 aromatic carbocycles. The molecule has 1 atom stereocenters. The summed E-state index contributed by atoms with van der Waals surface area (Å²) in [7, 11) is -2.22. The van der Waals surface area contributed by atoms with Crippen LogP contribution >= 0.6 is 8.03 Å². The predicted molar refractivity (Wildman–Crippen MR) is 37.6 cm³/mol. The summed E-state index contributed by atoms with van der Waals surface area (Å²) >= 11 is 0. The van der Waals surface area contributed by atoms with Crippen LogP contribution in [0.4, 0.5) is 0 Å². The van der Waals surface area contributed by atoms with E-state index in [1.165, 1.54) is 0 Å². The number of hydrogen-bond donors (Lipinski definition) is 1. The maximum absolute atomic E-state index is 10.2. The normalized spacial score (nSPS) is 20.6. The zero-order chi connectivity index (χ0) is 7.40. The van der Waals surface area contributed by atoms with Crippen molar-refractivity contribution in [2.45, 2.75) is 0 Å². The standard InChI is InChI=1S/C5H10NO3P.H2O/c7-10(8)5-6-1-3-9-4-2-6;/h1-5H2;1H2/p+1. The Morgan fingerprint density at radius 1 is 1.45 bits per heavy atom. The number of hydrogen-bond acceptors (Lipinski definition) is 3. The van der Waals surface area contributed by atoms with E-state index in [1.54, 1.807) is 0 Å². The molecule has 0 spiro atoms. The Morgan fingerprint density at radius 2 is 2.00 bits per heavy atom. The molecule has 6 heteroatoms. The minimum absolute atomic E-state index is 0. The van der Waals surface area contributed by atoms with E-state index in [1.807, 2.05) is 0 Å². The molecule has 66 valence electrons. The van der Waals surface area contributed by atoms with E-state index in [9.17, 15) is 9.46 Å². The first-order valence-electron chi connectivity index (χ1n) is 3.32. The molecule has 1 rings (SSSR count). The molecule has 0 radical (unpaired) electrons. The van der Waals surface area contributed by atoms with Gasteiger partial charge in [-0.15, -0.1) is 0 Å². The second kappa shape index (κ2) is 5.57. The average Bonchev–Trinajstić information content (AvgIpc) is 1.88. The van der Waals surface area contributed by atoms with Crippen LogP contribution in [0.15, 0.2) is 0 Å². The van der Waals surface area contributed by atoms with Crippen LogP contribution in [0.3, 0.4) is 0 Å². The molecule has 5 nitrogen and oxygen atoms in total. The molecule has 1 fully saturated rings. The zero-order valence-corrected chi connectivity index (χ0v) is 7.10. The highest BCUT2D eigenvalue weighted by molar-refractivity contribution is 7.36. The molecule has 0 bridgehead atoms. The van der Waals surface area contributed by atoms with Gasteiger partial charge in [0.1, 0.15) is 13.1 Å². The van der Waals surface area contributed by atoms with Gasteiger partial charge in [0, 0.05) is 0 Å². The Labute approximate surface area is 66.1 Å². The van der Waals surface area contributed by atoms with E-state index in [0.717, 1.165) is 18.0 Å². The fourth-order valence-electron chi connectivity index (χ4n) is 1.00. The Bertz CT molecular complexity index is 126. The number of rotatable bonds is 2. The third-order valence-electron chi connectivity index (χ3n) is 1.55. The topological polar surface area (TPSA) is 85.3 Å². The largest absolute Gasteiger partial charge is 0.591 e. The lowest BCUT2D eigenvalue weighted by Crippen LogP contribution is -3.13. The van der Waals surface area contributed by atoms with Crippen LogP contribution in [0.25, 0.3) is 0 Å². The molecule has 3 N–H and O–H groups in total. The summed E-state index contributed by atoms with van der Waals surface area (Å²) in [6, 6.07) is 0. The summed E-state index contributed by atoms with van der Waals surface area (Å²) in [5.41, 5.74) is 0. The van der Waals surface area contributed by atoms with Crippen molar-refractivity contribution in [3.8, 4) is 0 Å². The fourth-order valence-corrected chi connectivity index (χ4v) is 1.68. The zero-order valence-electron chi connectivity index (χ0n) is 6.21. The second-order valence-electron chi connectivity index (χ2n) is 2.35. The second-order valence-corrected chi connectivity index (χ2v) is 3.33. The van der Waals surface area contributed by atoms with Gasteiger partial charge in [-0.25, -0.2) is 0 Å². The molecule has 1 unspecified atom stereocenters. The number of quaternary nitrogens is 1. The lowest BCUT2D eigenvalue weighted by Gasteiger charge is -2.19. The summed E-state index contributed by atoms with van der Waals surface area (Å²) in [6.07, 6.45) is 0.263. The smallest absolute Gasteiger partial charge is 0.369 e. The van der Waals surface area contributed by atoms with Gasteiger partial charge in [-0.05, 0) is 0 Å². The highest BCUT2D eigenvalue weighted by atomic mass is 31.1. The first kappa shape index (κ1) is 10.9. The third kappa shape index (κ3) is 4.40. The van der Waals surface area contributed by atoms with Gasteiger partial charge < -0.3 is 15.1 Å². The molecule has 0 saturated carbocycles. The number of nitrogens with one attached hydrogen (secondary N) is 1. The van der Waals surface area contributed by atoms with E-state index in [0.29, 0.717) is 13.2 Å². The molecule has 1 aliphatic rings. The maximum Gasteiger partial charge on any atom is 0.369 e. The van der Waals surface area contributed by atoms with Crippen molar-refractivity contribution < 1.29 is 24.6 Å². The van der Waals surface area contributed by atoms with Gasteiger partial charge in [0.25, 0.3) is 6.29 Å². The van der Waals surface area contributed by atoms with Crippen molar-refractivity contribution in [1.29, 1.82) is 0 Å². The van der Waals surface area contributed by atoms with Crippen LogP contribution in [-0.2, 0) is 9.30 Å². The molecule has 11 heavy (non-hydrogen) atoms. The van der Waals surface area contributed by atoms with Crippen molar-refractivity contribution >= 4 is 8.03 Å². The van der Waals surface area contributed by atoms with E-state index < -0.39 is 8.03 Å². The first-order chi connectivity index (χ1) is 4.79. The summed E-state index contributed by atoms with van der Waals surface area (Å²) in [5, 5.41) is 0. The van der Waals surface area contributed by atoms with E-state index in [-0.39, 0.29) is 11.8 Å². The van der Waals surface area contributed by atoms with Crippen molar-refractivity contribution in [1.82, 2.24) is 0 Å². The molecular weight excluding hydrogens is 169 g/mol. The van der Waals surface area contributed by atoms with Gasteiger partial charge in [-0.3, -0.25) is 4.90 Å². The summed E-state index contributed by atoms with van der Waals surface area (Å²) in [6.45, 7) is 3.03. The number of ether oxygens (including phenoxy) is 1. The van der Waals surface area contributed by atoms with Crippen LogP contribution in [-0.4, -0.2) is 38.1 Å². The summed E-state index contributed by atoms with van der Waals surface area (Å²) < 4.78 is 15.3. The third-order valence-corrected chi connectivity index (χ3v) is 2.26. The first-order valence-corrected chi connectivity index (χ1v) is 4.68. The lowest BCUT2D eigenvalue weighted by molar-refractivity contribution is -0.897. The molecule has 1 saturated heterocycles. The van der Waals surface area contributed by atoms with Crippen molar-refractivity contribution in [3.63, 3.8) is 0 Å². The molecule has 0 aromatic heterocycles. The molecule has 1 heterocycles. The van der Waals surface area contributed by atoms with Crippen molar-refractivity contribution in [3.05, 3.63) is 0 Å².